The van der Waals surface area contributed by atoms with Crippen LogP contribution in [-0.4, -0.2) is 6.61 Å². The smallest absolute Gasteiger partial charge is 0.119 e. The third-order valence-corrected chi connectivity index (χ3v) is 2.68. The van der Waals surface area contributed by atoms with Crippen molar-refractivity contribution in [2.45, 2.75) is 38.6 Å². The first kappa shape index (κ1) is 13.8. The third kappa shape index (κ3) is 5.05. The van der Waals surface area contributed by atoms with Gasteiger partial charge in [0, 0.05) is 6.04 Å². The number of allylic oxidation sites excluding steroid dienone is 1. The Kier molecular flexibility index (Phi) is 6.41. The lowest BCUT2D eigenvalue weighted by atomic mass is 10.0. The minimum atomic E-state index is 0.0973. The van der Waals surface area contributed by atoms with E-state index in [1.54, 1.807) is 0 Å². The van der Waals surface area contributed by atoms with Crippen molar-refractivity contribution < 1.29 is 4.74 Å². The van der Waals surface area contributed by atoms with E-state index in [1.807, 2.05) is 24.3 Å². The van der Waals surface area contributed by atoms with Crippen LogP contribution in [0.15, 0.2) is 36.9 Å². The largest absolute Gasteiger partial charge is 0.494 e. The van der Waals surface area contributed by atoms with Crippen molar-refractivity contribution in [2.75, 3.05) is 6.61 Å². The highest BCUT2D eigenvalue weighted by Gasteiger charge is 2.06. The first-order chi connectivity index (χ1) is 8.27. The second-order valence-electron chi connectivity index (χ2n) is 4.25. The SMILES string of the molecule is C=CCCCC(N)c1cccc(OCCC)c1. The van der Waals surface area contributed by atoms with Gasteiger partial charge >= 0.3 is 0 Å². The van der Waals surface area contributed by atoms with Crippen LogP contribution in [0, 0.1) is 0 Å². The van der Waals surface area contributed by atoms with Gasteiger partial charge < -0.3 is 10.5 Å². The minimum absolute atomic E-state index is 0.0973. The van der Waals surface area contributed by atoms with Crippen LogP contribution in [0.3, 0.4) is 0 Å². The summed E-state index contributed by atoms with van der Waals surface area (Å²) in [4.78, 5) is 0. The van der Waals surface area contributed by atoms with Crippen LogP contribution in [0.5, 0.6) is 5.75 Å². The molecule has 0 fully saturated rings. The predicted molar refractivity (Wildman–Crippen MR) is 73.2 cm³/mol. The maximum Gasteiger partial charge on any atom is 0.119 e. The van der Waals surface area contributed by atoms with Gasteiger partial charge in [-0.2, -0.15) is 0 Å². The molecule has 0 aliphatic rings. The quantitative estimate of drug-likeness (QED) is 0.547. The molecule has 0 aliphatic heterocycles. The van der Waals surface area contributed by atoms with Crippen LogP contribution >= 0.6 is 0 Å². The molecular formula is C15H23NO. The molecule has 0 amide bonds. The van der Waals surface area contributed by atoms with E-state index in [0.717, 1.165) is 43.6 Å². The lowest BCUT2D eigenvalue weighted by Gasteiger charge is -2.13. The second kappa shape index (κ2) is 7.91. The lowest BCUT2D eigenvalue weighted by molar-refractivity contribution is 0.317. The Morgan fingerprint density at radius 1 is 1.47 bits per heavy atom. The molecule has 1 aromatic rings. The summed E-state index contributed by atoms with van der Waals surface area (Å²) in [7, 11) is 0. The maximum atomic E-state index is 6.14. The van der Waals surface area contributed by atoms with E-state index < -0.39 is 0 Å². The van der Waals surface area contributed by atoms with E-state index in [2.05, 4.69) is 19.6 Å². The molecular weight excluding hydrogens is 210 g/mol. The standard InChI is InChI=1S/C15H23NO/c1-3-5-6-10-15(16)13-8-7-9-14(12-13)17-11-4-2/h3,7-9,12,15H,1,4-6,10-11,16H2,2H3. The van der Waals surface area contributed by atoms with Crippen molar-refractivity contribution >= 4 is 0 Å². The highest BCUT2D eigenvalue weighted by molar-refractivity contribution is 5.30. The van der Waals surface area contributed by atoms with E-state index in [0.29, 0.717) is 0 Å². The van der Waals surface area contributed by atoms with Crippen molar-refractivity contribution in [3.63, 3.8) is 0 Å². The highest BCUT2D eigenvalue weighted by atomic mass is 16.5. The van der Waals surface area contributed by atoms with Gasteiger partial charge in [-0.05, 0) is 43.4 Å². The van der Waals surface area contributed by atoms with Gasteiger partial charge in [-0.15, -0.1) is 6.58 Å². The van der Waals surface area contributed by atoms with Crippen molar-refractivity contribution in [1.29, 1.82) is 0 Å². The van der Waals surface area contributed by atoms with Crippen molar-refractivity contribution in [1.82, 2.24) is 0 Å². The maximum absolute atomic E-state index is 6.14. The molecule has 1 unspecified atom stereocenters. The van der Waals surface area contributed by atoms with Crippen LogP contribution in [0.4, 0.5) is 0 Å². The van der Waals surface area contributed by atoms with E-state index in [9.17, 15) is 0 Å². The number of rotatable bonds is 8. The van der Waals surface area contributed by atoms with Crippen LogP contribution < -0.4 is 10.5 Å². The number of hydrogen-bond donors (Lipinski definition) is 1. The Balaban J connectivity index is 2.53. The molecule has 0 radical (unpaired) electrons. The summed E-state index contributed by atoms with van der Waals surface area (Å²) in [6.45, 7) is 6.58. The molecule has 0 spiro atoms. The van der Waals surface area contributed by atoms with Gasteiger partial charge in [0.2, 0.25) is 0 Å². The van der Waals surface area contributed by atoms with E-state index in [-0.39, 0.29) is 6.04 Å². The van der Waals surface area contributed by atoms with Gasteiger partial charge in [-0.1, -0.05) is 25.1 Å². The van der Waals surface area contributed by atoms with Gasteiger partial charge in [0.25, 0.3) is 0 Å². The number of benzene rings is 1. The van der Waals surface area contributed by atoms with Crippen LogP contribution in [-0.2, 0) is 0 Å². The summed E-state index contributed by atoms with van der Waals surface area (Å²) in [5, 5.41) is 0. The minimum Gasteiger partial charge on any atom is -0.494 e. The first-order valence-electron chi connectivity index (χ1n) is 6.37. The third-order valence-electron chi connectivity index (χ3n) is 2.68. The molecule has 0 bridgehead atoms. The lowest BCUT2D eigenvalue weighted by Crippen LogP contribution is -2.10. The summed E-state index contributed by atoms with van der Waals surface area (Å²) in [5.41, 5.74) is 7.30. The number of unbranched alkanes of at least 4 members (excludes halogenated alkanes) is 1. The molecule has 1 atom stereocenters. The molecule has 0 heterocycles. The molecule has 0 saturated heterocycles. The summed E-state index contributed by atoms with van der Waals surface area (Å²) < 4.78 is 5.60. The molecule has 0 aromatic heterocycles. The number of ether oxygens (including phenoxy) is 1. The molecule has 2 nitrogen and oxygen atoms in total. The molecule has 17 heavy (non-hydrogen) atoms. The Labute approximate surface area is 104 Å². The Hall–Kier alpha value is -1.28. The van der Waals surface area contributed by atoms with Crippen molar-refractivity contribution in [3.8, 4) is 5.75 Å². The average molecular weight is 233 g/mol. The molecule has 1 rings (SSSR count). The second-order valence-corrected chi connectivity index (χ2v) is 4.25. The fraction of sp³-hybridized carbons (Fsp3) is 0.467. The molecule has 0 aliphatic carbocycles. The normalized spacial score (nSPS) is 12.1. The highest BCUT2D eigenvalue weighted by Crippen LogP contribution is 2.21. The van der Waals surface area contributed by atoms with Crippen molar-refractivity contribution in [3.05, 3.63) is 42.5 Å². The molecule has 2 N–H and O–H groups in total. The zero-order valence-electron chi connectivity index (χ0n) is 10.7. The predicted octanol–water partition coefficient (Wildman–Crippen LogP) is 3.83. The van der Waals surface area contributed by atoms with E-state index in [1.165, 1.54) is 0 Å². The monoisotopic (exact) mass is 233 g/mol. The van der Waals surface area contributed by atoms with Crippen LogP contribution in [0.2, 0.25) is 0 Å². The molecule has 1 aromatic carbocycles. The number of hydrogen-bond acceptors (Lipinski definition) is 2. The summed E-state index contributed by atoms with van der Waals surface area (Å²) >= 11 is 0. The van der Waals surface area contributed by atoms with Gasteiger partial charge in [0.05, 0.1) is 6.61 Å². The van der Waals surface area contributed by atoms with Gasteiger partial charge in [-0.3, -0.25) is 0 Å². The van der Waals surface area contributed by atoms with E-state index >= 15 is 0 Å². The average Bonchev–Trinajstić information content (AvgIpc) is 2.37. The van der Waals surface area contributed by atoms with Gasteiger partial charge in [-0.25, -0.2) is 0 Å². The van der Waals surface area contributed by atoms with Gasteiger partial charge in [0.1, 0.15) is 5.75 Å². The first-order valence-corrected chi connectivity index (χ1v) is 6.37. The Morgan fingerprint density at radius 2 is 2.29 bits per heavy atom. The van der Waals surface area contributed by atoms with Crippen molar-refractivity contribution in [2.24, 2.45) is 5.73 Å². The van der Waals surface area contributed by atoms with Crippen LogP contribution in [0.1, 0.15) is 44.2 Å². The summed E-state index contributed by atoms with van der Waals surface area (Å²) in [6.07, 6.45) is 6.07. The van der Waals surface area contributed by atoms with Gasteiger partial charge in [0.15, 0.2) is 0 Å². The zero-order valence-corrected chi connectivity index (χ0v) is 10.7. The number of nitrogens with two attached hydrogens (primary N) is 1. The Bertz CT molecular complexity index is 335. The fourth-order valence-electron chi connectivity index (χ4n) is 1.70. The molecule has 94 valence electrons. The Morgan fingerprint density at radius 3 is 3.00 bits per heavy atom. The fourth-order valence-corrected chi connectivity index (χ4v) is 1.70. The van der Waals surface area contributed by atoms with E-state index in [4.69, 9.17) is 10.5 Å². The summed E-state index contributed by atoms with van der Waals surface area (Å²) in [6, 6.07) is 8.20. The topological polar surface area (TPSA) is 35.2 Å². The van der Waals surface area contributed by atoms with Crippen LogP contribution in [0.25, 0.3) is 0 Å². The molecule has 0 saturated carbocycles. The zero-order chi connectivity index (χ0) is 12.5. The molecule has 2 heteroatoms. The summed E-state index contributed by atoms with van der Waals surface area (Å²) in [5.74, 6) is 0.920.